The highest BCUT2D eigenvalue weighted by atomic mass is 35.5. The lowest BCUT2D eigenvalue weighted by Gasteiger charge is -2.10. The van der Waals surface area contributed by atoms with E-state index in [-0.39, 0.29) is 11.2 Å². The molecule has 5 heteroatoms. The number of fused-ring (bicyclic) bond motifs is 1. The SMILES string of the molecule is Cc1cccc(Cn2c(C(C)Cl)nc3cc(F)ccc32)n1. The molecule has 0 saturated carbocycles. The molecule has 3 nitrogen and oxygen atoms in total. The Morgan fingerprint density at radius 1 is 1.24 bits per heavy atom. The average Bonchev–Trinajstić information content (AvgIpc) is 2.77. The van der Waals surface area contributed by atoms with Crippen LogP contribution >= 0.6 is 11.6 Å². The van der Waals surface area contributed by atoms with Crippen LogP contribution in [0.1, 0.15) is 29.5 Å². The number of imidazole rings is 1. The topological polar surface area (TPSA) is 30.7 Å². The van der Waals surface area contributed by atoms with Crippen molar-refractivity contribution in [2.75, 3.05) is 0 Å². The van der Waals surface area contributed by atoms with E-state index < -0.39 is 0 Å². The maximum atomic E-state index is 13.4. The van der Waals surface area contributed by atoms with Gasteiger partial charge in [0.1, 0.15) is 11.6 Å². The molecular formula is C16H15ClFN3. The predicted molar refractivity (Wildman–Crippen MR) is 82.0 cm³/mol. The number of pyridine rings is 1. The maximum Gasteiger partial charge on any atom is 0.128 e. The molecule has 21 heavy (non-hydrogen) atoms. The van der Waals surface area contributed by atoms with Crippen LogP contribution in [0.3, 0.4) is 0 Å². The van der Waals surface area contributed by atoms with E-state index in [4.69, 9.17) is 11.6 Å². The van der Waals surface area contributed by atoms with Crippen LogP contribution in [0, 0.1) is 12.7 Å². The number of aromatic nitrogens is 3. The predicted octanol–water partition coefficient (Wildman–Crippen LogP) is 4.23. The van der Waals surface area contributed by atoms with E-state index in [1.165, 1.54) is 12.1 Å². The summed E-state index contributed by atoms with van der Waals surface area (Å²) < 4.78 is 15.4. The minimum atomic E-state index is -0.297. The van der Waals surface area contributed by atoms with Crippen LogP contribution in [-0.4, -0.2) is 14.5 Å². The zero-order valence-electron chi connectivity index (χ0n) is 11.8. The van der Waals surface area contributed by atoms with Crippen molar-refractivity contribution in [2.24, 2.45) is 0 Å². The van der Waals surface area contributed by atoms with Gasteiger partial charge in [0, 0.05) is 11.8 Å². The van der Waals surface area contributed by atoms with E-state index in [0.29, 0.717) is 12.1 Å². The van der Waals surface area contributed by atoms with Gasteiger partial charge >= 0.3 is 0 Å². The lowest BCUT2D eigenvalue weighted by Crippen LogP contribution is -2.07. The van der Waals surface area contributed by atoms with Crippen molar-refractivity contribution in [1.82, 2.24) is 14.5 Å². The Labute approximate surface area is 127 Å². The molecule has 0 bridgehead atoms. The van der Waals surface area contributed by atoms with Gasteiger partial charge in [0.2, 0.25) is 0 Å². The number of aryl methyl sites for hydroxylation is 1. The highest BCUT2D eigenvalue weighted by molar-refractivity contribution is 6.20. The molecule has 0 aliphatic rings. The molecule has 1 aromatic carbocycles. The van der Waals surface area contributed by atoms with Crippen molar-refractivity contribution in [2.45, 2.75) is 25.8 Å². The van der Waals surface area contributed by atoms with E-state index in [1.54, 1.807) is 6.07 Å². The van der Waals surface area contributed by atoms with E-state index in [9.17, 15) is 4.39 Å². The smallest absolute Gasteiger partial charge is 0.128 e. The van der Waals surface area contributed by atoms with Gasteiger partial charge in [-0.15, -0.1) is 11.6 Å². The zero-order valence-corrected chi connectivity index (χ0v) is 12.6. The van der Waals surface area contributed by atoms with Gasteiger partial charge < -0.3 is 4.57 Å². The quantitative estimate of drug-likeness (QED) is 0.678. The van der Waals surface area contributed by atoms with Crippen molar-refractivity contribution >= 4 is 22.6 Å². The molecule has 108 valence electrons. The number of benzene rings is 1. The number of halogens is 2. The molecule has 1 atom stereocenters. The van der Waals surface area contributed by atoms with Crippen LogP contribution < -0.4 is 0 Å². The van der Waals surface area contributed by atoms with E-state index in [1.807, 2.05) is 36.6 Å². The van der Waals surface area contributed by atoms with Gasteiger partial charge in [0.25, 0.3) is 0 Å². The lowest BCUT2D eigenvalue weighted by molar-refractivity contribution is 0.629. The number of alkyl halides is 1. The zero-order chi connectivity index (χ0) is 15.0. The summed E-state index contributed by atoms with van der Waals surface area (Å²) >= 11 is 6.22. The molecule has 0 aliphatic heterocycles. The first-order valence-electron chi connectivity index (χ1n) is 6.77. The highest BCUT2D eigenvalue weighted by Crippen LogP contribution is 2.25. The maximum absolute atomic E-state index is 13.4. The molecule has 2 heterocycles. The monoisotopic (exact) mass is 303 g/mol. The van der Waals surface area contributed by atoms with Crippen molar-refractivity contribution < 1.29 is 4.39 Å². The summed E-state index contributed by atoms with van der Waals surface area (Å²) in [6.45, 7) is 4.38. The van der Waals surface area contributed by atoms with Crippen molar-refractivity contribution in [3.8, 4) is 0 Å². The summed E-state index contributed by atoms with van der Waals surface area (Å²) in [7, 11) is 0. The molecule has 0 fully saturated rings. The number of rotatable bonds is 3. The molecule has 3 aromatic rings. The van der Waals surface area contributed by atoms with Crippen LogP contribution in [0.25, 0.3) is 11.0 Å². The molecule has 3 rings (SSSR count). The van der Waals surface area contributed by atoms with Crippen molar-refractivity contribution in [3.63, 3.8) is 0 Å². The second-order valence-corrected chi connectivity index (χ2v) is 5.73. The fourth-order valence-corrected chi connectivity index (χ4v) is 2.61. The third kappa shape index (κ3) is 2.76. The Balaban J connectivity index is 2.13. The molecule has 0 aliphatic carbocycles. The second-order valence-electron chi connectivity index (χ2n) is 5.08. The third-order valence-electron chi connectivity index (χ3n) is 3.36. The Morgan fingerprint density at radius 3 is 2.76 bits per heavy atom. The first-order valence-corrected chi connectivity index (χ1v) is 7.20. The summed E-state index contributed by atoms with van der Waals surface area (Å²) in [5.74, 6) is 0.426. The number of hydrogen-bond donors (Lipinski definition) is 0. The standard InChI is InChI=1S/C16H15ClFN3/c1-10-4-3-5-13(19-10)9-21-15-7-6-12(18)8-14(15)20-16(21)11(2)17/h3-8,11H,9H2,1-2H3. The Kier molecular flexibility index (Phi) is 3.64. The molecular weight excluding hydrogens is 289 g/mol. The molecule has 1 unspecified atom stereocenters. The summed E-state index contributed by atoms with van der Waals surface area (Å²) in [5.41, 5.74) is 3.37. The van der Waals surface area contributed by atoms with E-state index >= 15 is 0 Å². The molecule has 0 N–H and O–H groups in total. The Morgan fingerprint density at radius 2 is 2.05 bits per heavy atom. The number of nitrogens with zero attached hydrogens (tertiary/aromatic N) is 3. The molecule has 0 spiro atoms. The molecule has 0 saturated heterocycles. The van der Waals surface area contributed by atoms with Gasteiger partial charge in [-0.25, -0.2) is 9.37 Å². The minimum Gasteiger partial charge on any atom is -0.321 e. The molecule has 0 radical (unpaired) electrons. The van der Waals surface area contributed by atoms with E-state index in [2.05, 4.69) is 9.97 Å². The fourth-order valence-electron chi connectivity index (χ4n) is 2.44. The second kappa shape index (κ2) is 5.45. The molecule has 2 aromatic heterocycles. The summed E-state index contributed by atoms with van der Waals surface area (Å²) in [6, 6.07) is 10.5. The first-order chi connectivity index (χ1) is 10.0. The number of hydrogen-bond acceptors (Lipinski definition) is 2. The Bertz CT molecular complexity index is 795. The van der Waals surface area contributed by atoms with Crippen molar-refractivity contribution in [1.29, 1.82) is 0 Å². The summed E-state index contributed by atoms with van der Waals surface area (Å²) in [6.07, 6.45) is 0. The minimum absolute atomic E-state index is 0.259. The average molecular weight is 304 g/mol. The van der Waals surface area contributed by atoms with Crippen LogP contribution in [-0.2, 0) is 6.54 Å². The van der Waals surface area contributed by atoms with Gasteiger partial charge in [-0.05, 0) is 38.1 Å². The largest absolute Gasteiger partial charge is 0.321 e. The van der Waals surface area contributed by atoms with Gasteiger partial charge in [0.15, 0.2) is 0 Å². The summed E-state index contributed by atoms with van der Waals surface area (Å²) in [5, 5.41) is -0.259. The van der Waals surface area contributed by atoms with Crippen molar-refractivity contribution in [3.05, 3.63) is 59.4 Å². The fraction of sp³-hybridized carbons (Fsp3) is 0.250. The van der Waals surface area contributed by atoms with Crippen LogP contribution in [0.4, 0.5) is 4.39 Å². The van der Waals surface area contributed by atoms with Gasteiger partial charge in [-0.2, -0.15) is 0 Å². The van der Waals surface area contributed by atoms with Gasteiger partial charge in [0.05, 0.1) is 28.6 Å². The third-order valence-corrected chi connectivity index (χ3v) is 3.56. The van der Waals surface area contributed by atoms with Crippen LogP contribution in [0.2, 0.25) is 0 Å². The first kappa shape index (κ1) is 14.0. The van der Waals surface area contributed by atoms with Crippen LogP contribution in [0.5, 0.6) is 0 Å². The van der Waals surface area contributed by atoms with Gasteiger partial charge in [-0.1, -0.05) is 6.07 Å². The van der Waals surface area contributed by atoms with Crippen LogP contribution in [0.15, 0.2) is 36.4 Å². The molecule has 0 amide bonds. The lowest BCUT2D eigenvalue weighted by atomic mass is 10.2. The van der Waals surface area contributed by atoms with E-state index in [0.717, 1.165) is 22.7 Å². The normalized spacial score (nSPS) is 12.8. The summed E-state index contributed by atoms with van der Waals surface area (Å²) in [4.78, 5) is 8.96. The van der Waals surface area contributed by atoms with Gasteiger partial charge in [-0.3, -0.25) is 4.98 Å². The highest BCUT2D eigenvalue weighted by Gasteiger charge is 2.16. The Hall–Kier alpha value is -1.94.